The lowest BCUT2D eigenvalue weighted by molar-refractivity contribution is 0.0964. The quantitative estimate of drug-likeness (QED) is 0.491. The van der Waals surface area contributed by atoms with Crippen molar-refractivity contribution >= 4 is 27.2 Å². The van der Waals surface area contributed by atoms with Crippen molar-refractivity contribution in [2.75, 3.05) is 57.5 Å². The first-order chi connectivity index (χ1) is 14.3. The standard InChI is InChI=1S/C23H28N3O2S/c1-2-3-17-14-20-23(16-21(17)26-8-12-28-13-9-26)29-22-15-18(4-5-19(22)24-20)25-6-10-27-11-7-25/h4-5,14-16H,2-3,6-13H2,1H3/q+1. The van der Waals surface area contributed by atoms with E-state index in [1.54, 1.807) is 0 Å². The molecule has 0 bridgehead atoms. The molecule has 0 unspecified atom stereocenters. The Morgan fingerprint density at radius 3 is 2.62 bits per heavy atom. The summed E-state index contributed by atoms with van der Waals surface area (Å²) in [6.45, 7) is 9.33. The van der Waals surface area contributed by atoms with Crippen molar-refractivity contribution in [2.45, 2.75) is 19.8 Å². The summed E-state index contributed by atoms with van der Waals surface area (Å²) in [5, 5.41) is 1.37. The molecule has 152 valence electrons. The first-order valence-corrected chi connectivity index (χ1v) is 11.5. The Hall–Kier alpha value is -2.02. The lowest BCUT2D eigenvalue weighted by Crippen LogP contribution is -2.41. The van der Waals surface area contributed by atoms with Crippen LogP contribution in [0.3, 0.4) is 0 Å². The molecule has 1 aromatic rings. The molecule has 3 heterocycles. The normalized spacial score (nSPS) is 18.0. The van der Waals surface area contributed by atoms with Gasteiger partial charge < -0.3 is 14.4 Å². The number of hydrogen-bond acceptors (Lipinski definition) is 5. The van der Waals surface area contributed by atoms with E-state index in [1.807, 2.05) is 11.3 Å². The molecule has 0 amide bonds. The number of fused-ring (bicyclic) bond motifs is 2. The van der Waals surface area contributed by atoms with Gasteiger partial charge in [-0.05, 0) is 30.7 Å². The summed E-state index contributed by atoms with van der Waals surface area (Å²) < 4.78 is 14.8. The highest BCUT2D eigenvalue weighted by atomic mass is 32.1. The molecule has 3 aliphatic heterocycles. The van der Waals surface area contributed by atoms with Crippen molar-refractivity contribution in [3.63, 3.8) is 0 Å². The fourth-order valence-corrected chi connectivity index (χ4v) is 5.30. The van der Waals surface area contributed by atoms with Crippen molar-refractivity contribution in [3.05, 3.63) is 41.3 Å². The van der Waals surface area contributed by atoms with Gasteiger partial charge in [0.25, 0.3) is 0 Å². The van der Waals surface area contributed by atoms with Crippen LogP contribution in [0.1, 0.15) is 18.9 Å². The zero-order valence-electron chi connectivity index (χ0n) is 17.0. The van der Waals surface area contributed by atoms with E-state index < -0.39 is 0 Å². The van der Waals surface area contributed by atoms with Crippen LogP contribution in [0.25, 0.3) is 20.8 Å². The highest BCUT2D eigenvalue weighted by molar-refractivity contribution is 7.21. The van der Waals surface area contributed by atoms with Crippen molar-refractivity contribution in [2.24, 2.45) is 0 Å². The molecule has 4 aliphatic rings. The van der Waals surface area contributed by atoms with Crippen LogP contribution in [0.5, 0.6) is 0 Å². The average Bonchev–Trinajstić information content (AvgIpc) is 2.78. The maximum atomic E-state index is 5.57. The number of aromatic nitrogens is 1. The van der Waals surface area contributed by atoms with Crippen LogP contribution >= 0.6 is 11.3 Å². The van der Waals surface area contributed by atoms with E-state index in [-0.39, 0.29) is 0 Å². The van der Waals surface area contributed by atoms with E-state index >= 15 is 0 Å². The summed E-state index contributed by atoms with van der Waals surface area (Å²) in [4.78, 5) is 8.69. The summed E-state index contributed by atoms with van der Waals surface area (Å²) in [7, 11) is 0. The van der Waals surface area contributed by atoms with Crippen LogP contribution in [0.2, 0.25) is 0 Å². The van der Waals surface area contributed by atoms with Gasteiger partial charge in [-0.1, -0.05) is 13.3 Å². The minimum Gasteiger partial charge on any atom is -0.378 e. The van der Waals surface area contributed by atoms with Crippen LogP contribution in [-0.4, -0.2) is 57.6 Å². The van der Waals surface area contributed by atoms with E-state index in [2.05, 4.69) is 46.7 Å². The molecule has 1 aliphatic carbocycles. The molecule has 0 radical (unpaired) electrons. The summed E-state index contributed by atoms with van der Waals surface area (Å²) in [5.74, 6) is 0. The Morgan fingerprint density at radius 1 is 1.03 bits per heavy atom. The second-order valence-electron chi connectivity index (χ2n) is 7.76. The molecular formula is C23H28N3O2S+. The lowest BCUT2D eigenvalue weighted by atomic mass is 10.1. The van der Waals surface area contributed by atoms with Gasteiger partial charge in [0, 0.05) is 30.4 Å². The minimum absolute atomic E-state index is 0.806. The SMILES string of the molecule is CCCc1cc2nc3ccc(N4CCOCC4)cc3sc-2cc1=[N+]1CCOCC1. The molecule has 29 heavy (non-hydrogen) atoms. The number of ether oxygens (including phenoxy) is 2. The van der Waals surface area contributed by atoms with Crippen molar-refractivity contribution < 1.29 is 9.47 Å². The topological polar surface area (TPSA) is 37.6 Å². The van der Waals surface area contributed by atoms with E-state index in [0.29, 0.717) is 0 Å². The predicted molar refractivity (Wildman–Crippen MR) is 119 cm³/mol. The Bertz CT molecular complexity index is 1050. The molecule has 5 rings (SSSR count). The number of morpholine rings is 2. The maximum Gasteiger partial charge on any atom is 0.204 e. The van der Waals surface area contributed by atoms with Crippen LogP contribution in [0, 0.1) is 0 Å². The maximum absolute atomic E-state index is 5.57. The Kier molecular flexibility index (Phi) is 5.48. The van der Waals surface area contributed by atoms with E-state index in [1.165, 1.54) is 26.2 Å². The molecule has 1 aromatic carbocycles. The second kappa shape index (κ2) is 8.38. The van der Waals surface area contributed by atoms with Crippen molar-refractivity contribution in [1.29, 1.82) is 0 Å². The van der Waals surface area contributed by atoms with E-state index in [4.69, 9.17) is 14.5 Å². The molecule has 6 heteroatoms. The van der Waals surface area contributed by atoms with Crippen LogP contribution in [-0.2, 0) is 15.9 Å². The van der Waals surface area contributed by atoms with Gasteiger partial charge >= 0.3 is 0 Å². The summed E-state index contributed by atoms with van der Waals surface area (Å²) >= 11 is 1.86. The fraction of sp³-hybridized carbons (Fsp3) is 0.478. The van der Waals surface area contributed by atoms with Gasteiger partial charge in [0.1, 0.15) is 13.2 Å². The first kappa shape index (κ1) is 19.0. The monoisotopic (exact) mass is 410 g/mol. The van der Waals surface area contributed by atoms with Gasteiger partial charge in [-0.2, -0.15) is 0 Å². The molecule has 0 saturated carbocycles. The third kappa shape index (κ3) is 3.89. The van der Waals surface area contributed by atoms with Crippen molar-refractivity contribution in [3.8, 4) is 10.6 Å². The van der Waals surface area contributed by atoms with Gasteiger partial charge in [0.2, 0.25) is 5.36 Å². The highest BCUT2D eigenvalue weighted by Gasteiger charge is 2.19. The van der Waals surface area contributed by atoms with Gasteiger partial charge in [-0.25, -0.2) is 9.56 Å². The van der Waals surface area contributed by atoms with Gasteiger partial charge in [-0.15, -0.1) is 11.3 Å². The smallest absolute Gasteiger partial charge is 0.204 e. The first-order valence-electron chi connectivity index (χ1n) is 10.7. The fourth-order valence-electron chi connectivity index (χ4n) is 4.28. The molecule has 0 aromatic heterocycles. The Labute approximate surface area is 175 Å². The molecule has 0 N–H and O–H groups in total. The summed E-state index contributed by atoms with van der Waals surface area (Å²) in [6, 6.07) is 11.4. The molecule has 0 atom stereocenters. The number of rotatable bonds is 3. The number of aryl methyl sites for hydroxylation is 1. The lowest BCUT2D eigenvalue weighted by Gasteiger charge is -2.29. The van der Waals surface area contributed by atoms with Crippen molar-refractivity contribution in [1.82, 2.24) is 9.56 Å². The van der Waals surface area contributed by atoms with Crippen LogP contribution < -0.4 is 14.8 Å². The van der Waals surface area contributed by atoms with E-state index in [9.17, 15) is 0 Å². The second-order valence-corrected chi connectivity index (χ2v) is 8.85. The zero-order valence-corrected chi connectivity index (χ0v) is 17.8. The molecule has 2 saturated heterocycles. The molecular weight excluding hydrogens is 382 g/mol. The third-order valence-electron chi connectivity index (χ3n) is 5.81. The van der Waals surface area contributed by atoms with E-state index in [0.717, 1.165) is 76.7 Å². The Balaban J connectivity index is 1.64. The van der Waals surface area contributed by atoms with Gasteiger partial charge in [0.05, 0.1) is 34.0 Å². The summed E-state index contributed by atoms with van der Waals surface area (Å²) in [6.07, 6.45) is 2.23. The average molecular weight is 411 g/mol. The van der Waals surface area contributed by atoms with Crippen LogP contribution in [0.15, 0.2) is 30.3 Å². The number of hydrogen-bond donors (Lipinski definition) is 0. The Morgan fingerprint density at radius 2 is 1.83 bits per heavy atom. The summed E-state index contributed by atoms with van der Waals surface area (Å²) in [5.41, 5.74) is 4.88. The molecule has 0 spiro atoms. The largest absolute Gasteiger partial charge is 0.378 e. The third-order valence-corrected chi connectivity index (χ3v) is 6.91. The number of benzene rings is 2. The molecule has 2 fully saturated rings. The number of anilines is 1. The minimum atomic E-state index is 0.806. The van der Waals surface area contributed by atoms with Gasteiger partial charge in [-0.3, -0.25) is 0 Å². The zero-order chi connectivity index (χ0) is 19.6. The number of nitrogens with zero attached hydrogens (tertiary/aromatic N) is 3. The van der Waals surface area contributed by atoms with Crippen LogP contribution in [0.4, 0.5) is 5.69 Å². The predicted octanol–water partition coefficient (Wildman–Crippen LogP) is 2.99. The molecule has 5 nitrogen and oxygen atoms in total. The highest BCUT2D eigenvalue weighted by Crippen LogP contribution is 2.32. The van der Waals surface area contributed by atoms with Gasteiger partial charge in [0.15, 0.2) is 13.1 Å².